The number of nitrogens with one attached hydrogen (secondary N) is 1. The number of carbonyl (C=O) groups excluding carboxylic acids is 2. The average Bonchev–Trinajstić information content (AvgIpc) is 2.60. The summed E-state index contributed by atoms with van der Waals surface area (Å²) in [6, 6.07) is 13.2. The topological polar surface area (TPSA) is 55.4 Å². The molecular formula is C20H23NO3. The molecule has 0 aliphatic rings. The number of carbonyl (C=O) groups is 2. The van der Waals surface area contributed by atoms with E-state index in [1.165, 1.54) is 11.1 Å². The molecule has 0 heterocycles. The molecule has 4 heteroatoms. The van der Waals surface area contributed by atoms with E-state index in [0.29, 0.717) is 12.1 Å². The van der Waals surface area contributed by atoms with Crippen LogP contribution in [-0.4, -0.2) is 18.5 Å². The van der Waals surface area contributed by atoms with Gasteiger partial charge in [0.1, 0.15) is 0 Å². The molecule has 0 bridgehead atoms. The van der Waals surface area contributed by atoms with Gasteiger partial charge in [0.15, 0.2) is 6.61 Å². The molecule has 0 unspecified atom stereocenters. The highest BCUT2D eigenvalue weighted by Gasteiger charge is 2.10. The zero-order valence-corrected chi connectivity index (χ0v) is 14.4. The Kier molecular flexibility index (Phi) is 6.13. The fourth-order valence-electron chi connectivity index (χ4n) is 2.26. The summed E-state index contributed by atoms with van der Waals surface area (Å²) < 4.78 is 5.04. The number of aryl methyl sites for hydroxylation is 3. The summed E-state index contributed by atoms with van der Waals surface area (Å²) in [6.45, 7) is 6.27. The largest absolute Gasteiger partial charge is 0.452 e. The molecule has 1 amide bonds. The molecule has 126 valence electrons. The van der Waals surface area contributed by atoms with Gasteiger partial charge in [-0.2, -0.15) is 0 Å². The zero-order valence-electron chi connectivity index (χ0n) is 14.4. The zero-order chi connectivity index (χ0) is 17.5. The highest BCUT2D eigenvalue weighted by atomic mass is 16.5. The van der Waals surface area contributed by atoms with E-state index in [0.717, 1.165) is 17.5 Å². The molecule has 0 saturated heterocycles. The molecule has 1 N–H and O–H groups in total. The first kappa shape index (κ1) is 17.7. The molecule has 0 aromatic heterocycles. The number of benzene rings is 2. The summed E-state index contributed by atoms with van der Waals surface area (Å²) in [5.41, 5.74) is 5.02. The van der Waals surface area contributed by atoms with Gasteiger partial charge < -0.3 is 10.1 Å². The Hall–Kier alpha value is -2.62. The van der Waals surface area contributed by atoms with Crippen molar-refractivity contribution in [3.8, 4) is 0 Å². The lowest BCUT2D eigenvalue weighted by atomic mass is 10.1. The maximum absolute atomic E-state index is 11.9. The Morgan fingerprint density at radius 1 is 0.958 bits per heavy atom. The van der Waals surface area contributed by atoms with Gasteiger partial charge in [-0.15, -0.1) is 0 Å². The van der Waals surface area contributed by atoms with E-state index in [2.05, 4.69) is 5.32 Å². The van der Waals surface area contributed by atoms with Crippen molar-refractivity contribution in [1.82, 2.24) is 5.32 Å². The first-order valence-electron chi connectivity index (χ1n) is 8.08. The van der Waals surface area contributed by atoms with E-state index < -0.39 is 5.97 Å². The number of amides is 1. The number of ether oxygens (including phenoxy) is 1. The quantitative estimate of drug-likeness (QED) is 0.829. The minimum atomic E-state index is -0.487. The van der Waals surface area contributed by atoms with Crippen LogP contribution in [0.25, 0.3) is 0 Å². The molecule has 0 atom stereocenters. The first-order chi connectivity index (χ1) is 11.5. The molecule has 2 aromatic rings. The van der Waals surface area contributed by atoms with Crippen molar-refractivity contribution >= 4 is 11.9 Å². The third-order valence-corrected chi connectivity index (χ3v) is 3.99. The van der Waals surface area contributed by atoms with Gasteiger partial charge in [0.2, 0.25) is 0 Å². The van der Waals surface area contributed by atoms with Gasteiger partial charge in [-0.3, -0.25) is 4.79 Å². The fraction of sp³-hybridized carbons (Fsp3) is 0.300. The van der Waals surface area contributed by atoms with Crippen LogP contribution in [0.3, 0.4) is 0 Å². The fourth-order valence-corrected chi connectivity index (χ4v) is 2.26. The van der Waals surface area contributed by atoms with Crippen LogP contribution >= 0.6 is 0 Å². The van der Waals surface area contributed by atoms with Crippen LogP contribution in [0.15, 0.2) is 42.5 Å². The Bertz CT molecular complexity index is 720. The average molecular weight is 325 g/mol. The second-order valence-corrected chi connectivity index (χ2v) is 5.82. The lowest BCUT2D eigenvalue weighted by molar-refractivity contribution is -0.124. The lowest BCUT2D eigenvalue weighted by Crippen LogP contribution is -2.28. The van der Waals surface area contributed by atoms with Crippen molar-refractivity contribution in [2.45, 2.75) is 33.7 Å². The van der Waals surface area contributed by atoms with Gasteiger partial charge in [-0.25, -0.2) is 4.79 Å². The Morgan fingerprint density at radius 2 is 1.62 bits per heavy atom. The second kappa shape index (κ2) is 8.29. The number of rotatable bonds is 6. The van der Waals surface area contributed by atoms with E-state index in [4.69, 9.17) is 4.74 Å². The normalized spacial score (nSPS) is 10.3. The molecular weight excluding hydrogens is 302 g/mol. The van der Waals surface area contributed by atoms with Gasteiger partial charge in [0, 0.05) is 6.54 Å². The third-order valence-electron chi connectivity index (χ3n) is 3.99. The van der Waals surface area contributed by atoms with E-state index in [-0.39, 0.29) is 12.5 Å². The van der Waals surface area contributed by atoms with Gasteiger partial charge in [0.05, 0.1) is 5.56 Å². The van der Waals surface area contributed by atoms with Crippen LogP contribution in [0, 0.1) is 13.8 Å². The first-order valence-corrected chi connectivity index (χ1v) is 8.08. The van der Waals surface area contributed by atoms with Gasteiger partial charge in [0.25, 0.3) is 5.91 Å². The van der Waals surface area contributed by atoms with E-state index in [1.54, 1.807) is 12.1 Å². The molecule has 24 heavy (non-hydrogen) atoms. The molecule has 4 nitrogen and oxygen atoms in total. The van der Waals surface area contributed by atoms with Crippen LogP contribution in [0.4, 0.5) is 0 Å². The highest BCUT2D eigenvalue weighted by Crippen LogP contribution is 2.09. The second-order valence-electron chi connectivity index (χ2n) is 5.82. The van der Waals surface area contributed by atoms with E-state index >= 15 is 0 Å². The standard InChI is InChI=1S/C20H23NO3/c1-4-16-7-9-18(10-8-16)20(23)24-13-19(22)21-12-17-6-5-14(2)15(3)11-17/h5-11H,4,12-13H2,1-3H3,(H,21,22). The van der Waals surface area contributed by atoms with Gasteiger partial charge >= 0.3 is 5.97 Å². The maximum Gasteiger partial charge on any atom is 0.338 e. The Morgan fingerprint density at radius 3 is 2.25 bits per heavy atom. The van der Waals surface area contributed by atoms with Crippen molar-refractivity contribution in [2.75, 3.05) is 6.61 Å². The summed E-state index contributed by atoms with van der Waals surface area (Å²) in [7, 11) is 0. The predicted octanol–water partition coefficient (Wildman–Crippen LogP) is 3.34. The van der Waals surface area contributed by atoms with Crippen molar-refractivity contribution in [3.63, 3.8) is 0 Å². The summed E-state index contributed by atoms with van der Waals surface area (Å²) in [4.78, 5) is 23.7. The Balaban J connectivity index is 1.79. The molecule has 0 saturated carbocycles. The SMILES string of the molecule is CCc1ccc(C(=O)OCC(=O)NCc2ccc(C)c(C)c2)cc1. The molecule has 0 radical (unpaired) electrons. The summed E-state index contributed by atoms with van der Waals surface area (Å²) in [5, 5.41) is 2.75. The molecule has 2 rings (SSSR count). The Labute approximate surface area is 142 Å². The van der Waals surface area contributed by atoms with Crippen LogP contribution in [0.2, 0.25) is 0 Å². The van der Waals surface area contributed by atoms with Crippen molar-refractivity contribution < 1.29 is 14.3 Å². The molecule has 0 aliphatic heterocycles. The number of hydrogen-bond donors (Lipinski definition) is 1. The monoisotopic (exact) mass is 325 g/mol. The molecule has 0 aliphatic carbocycles. The van der Waals surface area contributed by atoms with E-state index in [9.17, 15) is 9.59 Å². The summed E-state index contributed by atoms with van der Waals surface area (Å²) in [5.74, 6) is -0.800. The van der Waals surface area contributed by atoms with Crippen LogP contribution in [-0.2, 0) is 22.5 Å². The van der Waals surface area contributed by atoms with Crippen LogP contribution in [0.5, 0.6) is 0 Å². The van der Waals surface area contributed by atoms with Gasteiger partial charge in [-0.05, 0) is 54.7 Å². The van der Waals surface area contributed by atoms with Crippen molar-refractivity contribution in [1.29, 1.82) is 0 Å². The third kappa shape index (κ3) is 4.95. The predicted molar refractivity (Wildman–Crippen MR) is 93.9 cm³/mol. The maximum atomic E-state index is 11.9. The lowest BCUT2D eigenvalue weighted by Gasteiger charge is -2.08. The van der Waals surface area contributed by atoms with Gasteiger partial charge in [-0.1, -0.05) is 37.3 Å². The van der Waals surface area contributed by atoms with E-state index in [1.807, 2.05) is 51.1 Å². The van der Waals surface area contributed by atoms with Crippen LogP contribution in [0.1, 0.15) is 39.5 Å². The van der Waals surface area contributed by atoms with Crippen LogP contribution < -0.4 is 5.32 Å². The molecule has 0 fully saturated rings. The molecule has 2 aromatic carbocycles. The number of esters is 1. The summed E-state index contributed by atoms with van der Waals surface area (Å²) >= 11 is 0. The van der Waals surface area contributed by atoms with Crippen molar-refractivity contribution in [2.24, 2.45) is 0 Å². The summed E-state index contributed by atoms with van der Waals surface area (Å²) in [6.07, 6.45) is 0.913. The minimum absolute atomic E-state index is 0.279. The smallest absolute Gasteiger partial charge is 0.338 e. The van der Waals surface area contributed by atoms with Crippen molar-refractivity contribution in [3.05, 3.63) is 70.3 Å². The molecule has 0 spiro atoms. The number of hydrogen-bond acceptors (Lipinski definition) is 3. The minimum Gasteiger partial charge on any atom is -0.452 e. The highest BCUT2D eigenvalue weighted by molar-refractivity contribution is 5.91.